The van der Waals surface area contributed by atoms with Crippen molar-refractivity contribution in [2.24, 2.45) is 0 Å². The summed E-state index contributed by atoms with van der Waals surface area (Å²) in [6, 6.07) is 17.1. The minimum Gasteiger partial charge on any atom is -0.387 e. The number of rotatable bonds is 4. The van der Waals surface area contributed by atoms with Gasteiger partial charge >= 0.3 is 0 Å². The summed E-state index contributed by atoms with van der Waals surface area (Å²) in [4.78, 5) is 0.222. The van der Waals surface area contributed by atoms with Gasteiger partial charge in [0, 0.05) is 0 Å². The molecule has 3 nitrogen and oxygen atoms in total. The molecule has 0 saturated heterocycles. The van der Waals surface area contributed by atoms with Gasteiger partial charge in [0.1, 0.15) is 4.75 Å². The van der Waals surface area contributed by atoms with Crippen LogP contribution >= 0.6 is 0 Å². The molecule has 0 fully saturated rings. The van der Waals surface area contributed by atoms with Crippen LogP contribution in [0.2, 0.25) is 0 Å². The fourth-order valence-electron chi connectivity index (χ4n) is 2.09. The van der Waals surface area contributed by atoms with E-state index in [9.17, 15) is 13.5 Å². The Labute approximate surface area is 119 Å². The highest BCUT2D eigenvalue weighted by Gasteiger charge is 2.42. The molecule has 0 radical (unpaired) electrons. The molecule has 1 N–H and O–H groups in total. The first-order chi connectivity index (χ1) is 9.37. The Balaban J connectivity index is 2.45. The predicted octanol–water partition coefficient (Wildman–Crippen LogP) is 2.97. The van der Waals surface area contributed by atoms with Gasteiger partial charge in [-0.15, -0.1) is 0 Å². The van der Waals surface area contributed by atoms with Crippen molar-refractivity contribution in [2.75, 3.05) is 0 Å². The second-order valence-electron chi connectivity index (χ2n) is 5.23. The number of hydrogen-bond donors (Lipinski definition) is 1. The van der Waals surface area contributed by atoms with Gasteiger partial charge < -0.3 is 5.11 Å². The highest BCUT2D eigenvalue weighted by atomic mass is 32.2. The zero-order chi connectivity index (χ0) is 14.8. The smallest absolute Gasteiger partial charge is 0.186 e. The van der Waals surface area contributed by atoms with Crippen molar-refractivity contribution in [2.45, 2.75) is 29.6 Å². The minimum absolute atomic E-state index is 0.222. The summed E-state index contributed by atoms with van der Waals surface area (Å²) in [6.45, 7) is 3.10. The molecular weight excluding hydrogens is 272 g/mol. The molecule has 2 rings (SSSR count). The SMILES string of the molecule is CC(C)([C@@H](O)c1ccccc1)S(=O)(=O)c1ccccc1. The van der Waals surface area contributed by atoms with Gasteiger partial charge in [0.2, 0.25) is 0 Å². The van der Waals surface area contributed by atoms with Crippen LogP contribution in [0.15, 0.2) is 65.6 Å². The first-order valence-corrected chi connectivity index (χ1v) is 7.88. The Kier molecular flexibility index (Phi) is 3.97. The maximum Gasteiger partial charge on any atom is 0.186 e. The molecule has 2 aromatic rings. The molecule has 0 aliphatic heterocycles. The Bertz CT molecular complexity index is 661. The van der Waals surface area contributed by atoms with Gasteiger partial charge in [0.05, 0.1) is 11.0 Å². The monoisotopic (exact) mass is 290 g/mol. The Morgan fingerprint density at radius 3 is 1.85 bits per heavy atom. The molecule has 4 heteroatoms. The fourth-order valence-corrected chi connectivity index (χ4v) is 3.64. The largest absolute Gasteiger partial charge is 0.387 e. The zero-order valence-corrected chi connectivity index (χ0v) is 12.3. The highest BCUT2D eigenvalue weighted by molar-refractivity contribution is 7.92. The van der Waals surface area contributed by atoms with Gasteiger partial charge in [-0.25, -0.2) is 8.42 Å². The van der Waals surface area contributed by atoms with Crippen LogP contribution in [-0.2, 0) is 9.84 Å². The molecule has 0 bridgehead atoms. The van der Waals surface area contributed by atoms with Crippen LogP contribution in [0, 0.1) is 0 Å². The van der Waals surface area contributed by atoms with Crippen molar-refractivity contribution in [3.05, 3.63) is 66.2 Å². The molecule has 0 heterocycles. The molecule has 0 aliphatic carbocycles. The zero-order valence-electron chi connectivity index (χ0n) is 11.5. The third-order valence-electron chi connectivity index (χ3n) is 3.52. The van der Waals surface area contributed by atoms with Gasteiger partial charge in [-0.2, -0.15) is 0 Å². The van der Waals surface area contributed by atoms with E-state index in [4.69, 9.17) is 0 Å². The highest BCUT2D eigenvalue weighted by Crippen LogP contribution is 2.36. The van der Waals surface area contributed by atoms with E-state index in [0.29, 0.717) is 5.56 Å². The third-order valence-corrected chi connectivity index (χ3v) is 6.02. The van der Waals surface area contributed by atoms with Crippen LogP contribution in [0.5, 0.6) is 0 Å². The second kappa shape index (κ2) is 5.38. The Hall–Kier alpha value is -1.65. The van der Waals surface area contributed by atoms with Crippen molar-refractivity contribution in [1.82, 2.24) is 0 Å². The maximum atomic E-state index is 12.7. The quantitative estimate of drug-likeness (QED) is 0.942. The fraction of sp³-hybridized carbons (Fsp3) is 0.250. The van der Waals surface area contributed by atoms with Gasteiger partial charge in [-0.05, 0) is 31.5 Å². The van der Waals surface area contributed by atoms with Crippen LogP contribution < -0.4 is 0 Å². The molecule has 0 saturated carbocycles. The van der Waals surface area contributed by atoms with Crippen molar-refractivity contribution < 1.29 is 13.5 Å². The molecule has 0 spiro atoms. The number of benzene rings is 2. The van der Waals surface area contributed by atoms with E-state index in [1.807, 2.05) is 6.07 Å². The average molecular weight is 290 g/mol. The molecular formula is C16H18O3S. The van der Waals surface area contributed by atoms with E-state index in [1.54, 1.807) is 68.4 Å². The van der Waals surface area contributed by atoms with E-state index in [-0.39, 0.29) is 4.90 Å². The molecule has 2 aromatic carbocycles. The first kappa shape index (κ1) is 14.8. The van der Waals surface area contributed by atoms with Crippen LogP contribution in [0.25, 0.3) is 0 Å². The van der Waals surface area contributed by atoms with Gasteiger partial charge in [-0.3, -0.25) is 0 Å². The lowest BCUT2D eigenvalue weighted by Crippen LogP contribution is -2.38. The standard InChI is InChI=1S/C16H18O3S/c1-16(2,15(17)13-9-5-3-6-10-13)20(18,19)14-11-7-4-8-12-14/h3-12,15,17H,1-2H3/t15-/m0/s1. The lowest BCUT2D eigenvalue weighted by molar-refractivity contribution is 0.139. The molecule has 20 heavy (non-hydrogen) atoms. The Morgan fingerprint density at radius 1 is 0.900 bits per heavy atom. The summed E-state index contributed by atoms with van der Waals surface area (Å²) < 4.78 is 24.1. The Morgan fingerprint density at radius 2 is 1.35 bits per heavy atom. The van der Waals surface area contributed by atoms with Crippen LogP contribution in [0.3, 0.4) is 0 Å². The maximum absolute atomic E-state index is 12.7. The van der Waals surface area contributed by atoms with Gasteiger partial charge in [-0.1, -0.05) is 48.5 Å². The summed E-state index contributed by atoms with van der Waals surface area (Å²) in [5, 5.41) is 10.5. The average Bonchev–Trinajstić information content (AvgIpc) is 2.48. The molecule has 0 aliphatic rings. The molecule has 106 valence electrons. The molecule has 0 unspecified atom stereocenters. The first-order valence-electron chi connectivity index (χ1n) is 6.40. The van der Waals surface area contributed by atoms with Crippen molar-refractivity contribution >= 4 is 9.84 Å². The number of sulfone groups is 1. The number of aliphatic hydroxyl groups is 1. The van der Waals surface area contributed by atoms with E-state index in [2.05, 4.69) is 0 Å². The van der Waals surface area contributed by atoms with E-state index >= 15 is 0 Å². The van der Waals surface area contributed by atoms with Crippen molar-refractivity contribution in [1.29, 1.82) is 0 Å². The minimum atomic E-state index is -3.64. The van der Waals surface area contributed by atoms with Crippen LogP contribution in [0.4, 0.5) is 0 Å². The lowest BCUT2D eigenvalue weighted by atomic mass is 9.98. The molecule has 1 atom stereocenters. The summed E-state index contributed by atoms with van der Waals surface area (Å²) in [5.74, 6) is 0. The third kappa shape index (κ3) is 2.49. The van der Waals surface area contributed by atoms with Crippen LogP contribution in [-0.4, -0.2) is 18.3 Å². The summed E-state index contributed by atoms with van der Waals surface area (Å²) >= 11 is 0. The van der Waals surface area contributed by atoms with Crippen LogP contribution in [0.1, 0.15) is 25.5 Å². The van der Waals surface area contributed by atoms with Crippen molar-refractivity contribution in [3.8, 4) is 0 Å². The summed E-state index contributed by atoms with van der Waals surface area (Å²) in [7, 11) is -3.64. The summed E-state index contributed by atoms with van der Waals surface area (Å²) in [5.41, 5.74) is 0.594. The number of aliphatic hydroxyl groups excluding tert-OH is 1. The second-order valence-corrected chi connectivity index (χ2v) is 7.76. The lowest BCUT2D eigenvalue weighted by Gasteiger charge is -2.30. The van der Waals surface area contributed by atoms with E-state index in [0.717, 1.165) is 0 Å². The number of hydrogen-bond acceptors (Lipinski definition) is 3. The predicted molar refractivity (Wildman–Crippen MR) is 79.1 cm³/mol. The summed E-state index contributed by atoms with van der Waals surface area (Å²) in [6.07, 6.45) is -1.09. The molecule has 0 aromatic heterocycles. The van der Waals surface area contributed by atoms with E-state index in [1.165, 1.54) is 0 Å². The molecule has 0 amide bonds. The van der Waals surface area contributed by atoms with Crippen molar-refractivity contribution in [3.63, 3.8) is 0 Å². The normalized spacial score (nSPS) is 13.9. The van der Waals surface area contributed by atoms with Gasteiger partial charge in [0.25, 0.3) is 0 Å². The van der Waals surface area contributed by atoms with Gasteiger partial charge in [0.15, 0.2) is 9.84 Å². The van der Waals surface area contributed by atoms with E-state index < -0.39 is 20.7 Å². The topological polar surface area (TPSA) is 54.4 Å².